The molecule has 0 aliphatic rings. The highest BCUT2D eigenvalue weighted by molar-refractivity contribution is 4.54. The molecule has 0 aromatic carbocycles. The number of hydrogen-bond acceptors (Lipinski definition) is 2. The topological polar surface area (TPSA) is 24.1 Å². The monoisotopic (exact) mass is 214 g/mol. The van der Waals surface area contributed by atoms with Crippen molar-refractivity contribution in [1.82, 2.24) is 10.6 Å². The van der Waals surface area contributed by atoms with Crippen molar-refractivity contribution < 1.29 is 0 Å². The molecule has 0 rings (SSSR count). The SMILES string of the molecule is CCCCNCCCCCCNC(C)C. The van der Waals surface area contributed by atoms with Gasteiger partial charge < -0.3 is 10.6 Å². The largest absolute Gasteiger partial charge is 0.317 e. The Morgan fingerprint density at radius 1 is 0.800 bits per heavy atom. The lowest BCUT2D eigenvalue weighted by atomic mass is 10.2. The minimum Gasteiger partial charge on any atom is -0.317 e. The van der Waals surface area contributed by atoms with Gasteiger partial charge >= 0.3 is 0 Å². The molecule has 0 bridgehead atoms. The average Bonchev–Trinajstić information content (AvgIpc) is 2.20. The quantitative estimate of drug-likeness (QED) is 0.517. The van der Waals surface area contributed by atoms with E-state index in [9.17, 15) is 0 Å². The van der Waals surface area contributed by atoms with Crippen LogP contribution in [0, 0.1) is 0 Å². The van der Waals surface area contributed by atoms with Crippen LogP contribution in [0.3, 0.4) is 0 Å². The van der Waals surface area contributed by atoms with Crippen LogP contribution in [0.5, 0.6) is 0 Å². The van der Waals surface area contributed by atoms with Gasteiger partial charge in [-0.15, -0.1) is 0 Å². The van der Waals surface area contributed by atoms with Crippen LogP contribution in [0.25, 0.3) is 0 Å². The zero-order valence-electron chi connectivity index (χ0n) is 10.9. The van der Waals surface area contributed by atoms with Gasteiger partial charge in [0.15, 0.2) is 0 Å². The van der Waals surface area contributed by atoms with Crippen molar-refractivity contribution in [2.45, 2.75) is 65.3 Å². The summed E-state index contributed by atoms with van der Waals surface area (Å²) < 4.78 is 0. The third-order valence-corrected chi connectivity index (χ3v) is 2.54. The van der Waals surface area contributed by atoms with E-state index in [1.165, 1.54) is 58.2 Å². The molecule has 0 saturated carbocycles. The lowest BCUT2D eigenvalue weighted by Gasteiger charge is -2.07. The van der Waals surface area contributed by atoms with E-state index in [4.69, 9.17) is 0 Å². The van der Waals surface area contributed by atoms with Gasteiger partial charge in [-0.2, -0.15) is 0 Å². The maximum atomic E-state index is 3.48. The van der Waals surface area contributed by atoms with Gasteiger partial charge in [-0.25, -0.2) is 0 Å². The van der Waals surface area contributed by atoms with Gasteiger partial charge in [0.1, 0.15) is 0 Å². The van der Waals surface area contributed by atoms with Gasteiger partial charge in [-0.05, 0) is 38.9 Å². The van der Waals surface area contributed by atoms with Crippen molar-refractivity contribution in [3.63, 3.8) is 0 Å². The third-order valence-electron chi connectivity index (χ3n) is 2.54. The van der Waals surface area contributed by atoms with Crippen LogP contribution in [0.15, 0.2) is 0 Å². The van der Waals surface area contributed by atoms with E-state index in [0.29, 0.717) is 6.04 Å². The highest BCUT2D eigenvalue weighted by atomic mass is 14.9. The summed E-state index contributed by atoms with van der Waals surface area (Å²) in [5.41, 5.74) is 0. The third kappa shape index (κ3) is 13.9. The molecule has 0 aliphatic heterocycles. The van der Waals surface area contributed by atoms with E-state index in [1.54, 1.807) is 0 Å². The highest BCUT2D eigenvalue weighted by Crippen LogP contribution is 1.98. The maximum Gasteiger partial charge on any atom is 0.00103 e. The Morgan fingerprint density at radius 2 is 1.40 bits per heavy atom. The Kier molecular flexibility index (Phi) is 11.9. The van der Waals surface area contributed by atoms with Gasteiger partial charge in [-0.3, -0.25) is 0 Å². The van der Waals surface area contributed by atoms with Crippen molar-refractivity contribution in [3.05, 3.63) is 0 Å². The van der Waals surface area contributed by atoms with Gasteiger partial charge in [0.25, 0.3) is 0 Å². The Hall–Kier alpha value is -0.0800. The number of hydrogen-bond donors (Lipinski definition) is 2. The lowest BCUT2D eigenvalue weighted by Crippen LogP contribution is -2.23. The maximum absolute atomic E-state index is 3.48. The normalized spacial score (nSPS) is 11.2. The predicted molar refractivity (Wildman–Crippen MR) is 69.4 cm³/mol. The van der Waals surface area contributed by atoms with E-state index in [1.807, 2.05) is 0 Å². The van der Waals surface area contributed by atoms with Crippen LogP contribution in [-0.4, -0.2) is 25.7 Å². The lowest BCUT2D eigenvalue weighted by molar-refractivity contribution is 0.530. The van der Waals surface area contributed by atoms with Crippen molar-refractivity contribution in [2.24, 2.45) is 0 Å². The molecule has 2 N–H and O–H groups in total. The summed E-state index contributed by atoms with van der Waals surface area (Å²) in [5, 5.41) is 6.93. The molecule has 2 nitrogen and oxygen atoms in total. The number of rotatable bonds is 11. The fraction of sp³-hybridized carbons (Fsp3) is 1.00. The van der Waals surface area contributed by atoms with E-state index in [-0.39, 0.29) is 0 Å². The first kappa shape index (κ1) is 14.9. The number of nitrogens with one attached hydrogen (secondary N) is 2. The summed E-state index contributed by atoms with van der Waals surface area (Å²) in [6.07, 6.45) is 8.03. The molecule has 0 saturated heterocycles. The Bertz CT molecular complexity index is 113. The minimum absolute atomic E-state index is 0.640. The van der Waals surface area contributed by atoms with Crippen LogP contribution >= 0.6 is 0 Å². The average molecular weight is 214 g/mol. The molecular weight excluding hydrogens is 184 g/mol. The molecule has 0 aromatic rings. The van der Waals surface area contributed by atoms with E-state index >= 15 is 0 Å². The molecule has 0 fully saturated rings. The van der Waals surface area contributed by atoms with Crippen LogP contribution in [-0.2, 0) is 0 Å². The Balaban J connectivity index is 2.87. The summed E-state index contributed by atoms with van der Waals surface area (Å²) in [5.74, 6) is 0. The zero-order valence-corrected chi connectivity index (χ0v) is 10.9. The second kappa shape index (κ2) is 12.0. The van der Waals surface area contributed by atoms with E-state index < -0.39 is 0 Å². The van der Waals surface area contributed by atoms with Gasteiger partial charge in [0.05, 0.1) is 0 Å². The summed E-state index contributed by atoms with van der Waals surface area (Å²) in [7, 11) is 0. The van der Waals surface area contributed by atoms with Crippen LogP contribution in [0.2, 0.25) is 0 Å². The first-order chi connectivity index (χ1) is 7.27. The molecule has 0 unspecified atom stereocenters. The molecule has 0 atom stereocenters. The van der Waals surface area contributed by atoms with Crippen LogP contribution in [0.4, 0.5) is 0 Å². The van der Waals surface area contributed by atoms with Gasteiger partial charge in [-0.1, -0.05) is 40.0 Å². The van der Waals surface area contributed by atoms with Crippen LogP contribution in [0.1, 0.15) is 59.3 Å². The molecule has 0 aliphatic carbocycles. The standard InChI is InChI=1S/C13H30N2/c1-4-5-10-14-11-8-6-7-9-12-15-13(2)3/h13-15H,4-12H2,1-3H3. The molecule has 92 valence electrons. The van der Waals surface area contributed by atoms with E-state index in [2.05, 4.69) is 31.4 Å². The van der Waals surface area contributed by atoms with Crippen LogP contribution < -0.4 is 10.6 Å². The van der Waals surface area contributed by atoms with Crippen molar-refractivity contribution in [1.29, 1.82) is 0 Å². The summed E-state index contributed by atoms with van der Waals surface area (Å²) >= 11 is 0. The minimum atomic E-state index is 0.640. The molecule has 0 amide bonds. The Labute approximate surface area is 96.2 Å². The molecule has 0 heterocycles. The van der Waals surface area contributed by atoms with Gasteiger partial charge in [0.2, 0.25) is 0 Å². The predicted octanol–water partition coefficient (Wildman–Crippen LogP) is 2.93. The van der Waals surface area contributed by atoms with Crippen molar-refractivity contribution >= 4 is 0 Å². The number of unbranched alkanes of at least 4 members (excludes halogenated alkanes) is 4. The van der Waals surface area contributed by atoms with Crippen molar-refractivity contribution in [2.75, 3.05) is 19.6 Å². The van der Waals surface area contributed by atoms with Crippen molar-refractivity contribution in [3.8, 4) is 0 Å². The second-order valence-corrected chi connectivity index (χ2v) is 4.63. The van der Waals surface area contributed by atoms with E-state index in [0.717, 1.165) is 0 Å². The summed E-state index contributed by atoms with van der Waals surface area (Å²) in [6.45, 7) is 10.2. The molecular formula is C13H30N2. The first-order valence-electron chi connectivity index (χ1n) is 6.71. The molecule has 15 heavy (non-hydrogen) atoms. The molecule has 2 heteroatoms. The summed E-state index contributed by atoms with van der Waals surface area (Å²) in [6, 6.07) is 0.640. The molecule has 0 aromatic heterocycles. The highest BCUT2D eigenvalue weighted by Gasteiger charge is 1.92. The first-order valence-corrected chi connectivity index (χ1v) is 6.71. The summed E-state index contributed by atoms with van der Waals surface area (Å²) in [4.78, 5) is 0. The smallest absolute Gasteiger partial charge is 0.00103 e. The Morgan fingerprint density at radius 3 is 2.00 bits per heavy atom. The molecule has 0 spiro atoms. The fourth-order valence-corrected chi connectivity index (χ4v) is 1.55. The fourth-order valence-electron chi connectivity index (χ4n) is 1.55. The van der Waals surface area contributed by atoms with Gasteiger partial charge in [0, 0.05) is 6.04 Å². The zero-order chi connectivity index (χ0) is 11.4. The second-order valence-electron chi connectivity index (χ2n) is 4.63. The molecule has 0 radical (unpaired) electrons.